The Bertz CT molecular complexity index is 1090. The third-order valence-electron chi connectivity index (χ3n) is 6.07. The van der Waals surface area contributed by atoms with E-state index in [1.165, 1.54) is 12.1 Å². The first kappa shape index (κ1) is 31.6. The number of benzene rings is 2. The molecule has 0 aliphatic rings. The number of phenols is 1. The van der Waals surface area contributed by atoms with Crippen LogP contribution in [-0.4, -0.2) is 65.2 Å². The predicted octanol–water partition coefficient (Wildman–Crippen LogP) is -0.497. The third-order valence-corrected chi connectivity index (χ3v) is 6.43. The third kappa shape index (κ3) is 11.0. The molecule has 0 aliphatic carbocycles. The Morgan fingerprint density at radius 3 is 1.92 bits per heavy atom. The number of rotatable bonds is 16. The number of amides is 4. The zero-order chi connectivity index (χ0) is 28.8. The Labute approximate surface area is 233 Å². The zero-order valence-corrected chi connectivity index (χ0v) is 22.6. The second kappa shape index (κ2) is 16.4. The van der Waals surface area contributed by atoms with Crippen LogP contribution < -0.4 is 33.2 Å². The van der Waals surface area contributed by atoms with Crippen LogP contribution in [0, 0.1) is 0 Å². The number of unbranched alkanes of at least 4 members (excludes halogenated alkanes) is 1. The topological polar surface area (TPSA) is 203 Å². The first-order valence-electron chi connectivity index (χ1n) is 12.7. The van der Waals surface area contributed by atoms with E-state index in [9.17, 15) is 24.3 Å². The number of hydrogen-bond acceptors (Lipinski definition) is 8. The van der Waals surface area contributed by atoms with Gasteiger partial charge in [0.15, 0.2) is 0 Å². The van der Waals surface area contributed by atoms with Crippen LogP contribution in [0.4, 0.5) is 0 Å². The number of phenolic OH excluding ortho intramolecular Hbond substituents is 1. The Morgan fingerprint density at radius 1 is 0.769 bits per heavy atom. The van der Waals surface area contributed by atoms with Crippen LogP contribution in [0.3, 0.4) is 0 Å². The fourth-order valence-electron chi connectivity index (χ4n) is 3.83. The van der Waals surface area contributed by atoms with Crippen molar-refractivity contribution in [1.82, 2.24) is 16.0 Å². The van der Waals surface area contributed by atoms with Gasteiger partial charge in [-0.3, -0.25) is 19.2 Å². The van der Waals surface area contributed by atoms with E-state index >= 15 is 0 Å². The molecule has 0 heterocycles. The molecule has 10 N–H and O–H groups in total. The minimum absolute atomic E-state index is 0.0573. The molecule has 2 aromatic rings. The van der Waals surface area contributed by atoms with E-state index < -0.39 is 47.8 Å². The van der Waals surface area contributed by atoms with Crippen molar-refractivity contribution >= 4 is 36.3 Å². The monoisotopic (exact) mass is 558 g/mol. The number of primary amides is 1. The Balaban J connectivity index is 2.04. The molecule has 39 heavy (non-hydrogen) atoms. The van der Waals surface area contributed by atoms with Gasteiger partial charge in [-0.05, 0) is 55.5 Å². The molecule has 12 heteroatoms. The number of carbonyl (C=O) groups excluding carboxylic acids is 4. The van der Waals surface area contributed by atoms with Crippen LogP contribution in [0.5, 0.6) is 5.75 Å². The molecule has 0 aliphatic heterocycles. The number of carbonyl (C=O) groups is 4. The molecule has 0 bridgehead atoms. The van der Waals surface area contributed by atoms with Crippen molar-refractivity contribution in [1.29, 1.82) is 0 Å². The highest BCUT2D eigenvalue weighted by Crippen LogP contribution is 2.11. The van der Waals surface area contributed by atoms with E-state index in [4.69, 9.17) is 17.2 Å². The molecule has 212 valence electrons. The van der Waals surface area contributed by atoms with Gasteiger partial charge >= 0.3 is 0 Å². The van der Waals surface area contributed by atoms with Crippen LogP contribution >= 0.6 is 12.6 Å². The zero-order valence-electron chi connectivity index (χ0n) is 21.7. The van der Waals surface area contributed by atoms with Crippen LogP contribution in [0.2, 0.25) is 0 Å². The quantitative estimate of drug-likeness (QED) is 0.100. The normalized spacial score (nSPS) is 13.9. The van der Waals surface area contributed by atoms with Crippen molar-refractivity contribution in [3.05, 3.63) is 65.7 Å². The molecule has 11 nitrogen and oxygen atoms in total. The van der Waals surface area contributed by atoms with Crippen LogP contribution in [0.25, 0.3) is 0 Å². The van der Waals surface area contributed by atoms with E-state index in [-0.39, 0.29) is 30.8 Å². The first-order chi connectivity index (χ1) is 18.6. The number of aromatic hydroxyl groups is 1. The van der Waals surface area contributed by atoms with Crippen LogP contribution in [0.15, 0.2) is 54.6 Å². The highest BCUT2D eigenvalue weighted by molar-refractivity contribution is 7.80. The summed E-state index contributed by atoms with van der Waals surface area (Å²) in [6.07, 6.45) is 1.85. The van der Waals surface area contributed by atoms with Gasteiger partial charge in [0.05, 0.1) is 6.04 Å². The minimum Gasteiger partial charge on any atom is -0.508 e. The molecular weight excluding hydrogens is 520 g/mol. The largest absolute Gasteiger partial charge is 0.508 e. The fraction of sp³-hybridized carbons (Fsp3) is 0.407. The summed E-state index contributed by atoms with van der Waals surface area (Å²) >= 11 is 4.19. The minimum atomic E-state index is -1.09. The lowest BCUT2D eigenvalue weighted by Gasteiger charge is -2.25. The second-order valence-corrected chi connectivity index (χ2v) is 9.58. The molecule has 2 aromatic carbocycles. The van der Waals surface area contributed by atoms with Crippen LogP contribution in [0.1, 0.15) is 30.4 Å². The van der Waals surface area contributed by atoms with Gasteiger partial charge in [0.2, 0.25) is 23.6 Å². The summed E-state index contributed by atoms with van der Waals surface area (Å²) in [5, 5.41) is 17.3. The SMILES string of the molecule is NCCCC[C@@H](NC(=O)[C@@H](N)Cc1ccc(O)cc1)C(=O)N[C@@H](CS)C(=O)N[C@@H](Cc1ccccc1)C(N)=O. The predicted molar refractivity (Wildman–Crippen MR) is 152 cm³/mol. The number of nitrogens with one attached hydrogen (secondary N) is 3. The average Bonchev–Trinajstić information content (AvgIpc) is 2.92. The maximum atomic E-state index is 13.1. The van der Waals surface area contributed by atoms with Crippen LogP contribution in [-0.2, 0) is 32.0 Å². The molecule has 4 amide bonds. The molecule has 4 atom stereocenters. The Hall–Kier alpha value is -3.61. The molecule has 0 unspecified atom stereocenters. The molecule has 0 radical (unpaired) electrons. The molecule has 2 rings (SSSR count). The summed E-state index contributed by atoms with van der Waals surface area (Å²) in [5.41, 5.74) is 18.7. The van der Waals surface area contributed by atoms with Crippen molar-refractivity contribution in [3.63, 3.8) is 0 Å². The van der Waals surface area contributed by atoms with E-state index in [2.05, 4.69) is 28.6 Å². The van der Waals surface area contributed by atoms with Crippen molar-refractivity contribution in [2.24, 2.45) is 17.2 Å². The second-order valence-electron chi connectivity index (χ2n) is 9.22. The molecule has 0 saturated carbocycles. The number of nitrogens with two attached hydrogens (primary N) is 3. The Kier molecular flexibility index (Phi) is 13.3. The molecule has 0 spiro atoms. The van der Waals surface area contributed by atoms with Crippen molar-refractivity contribution in [2.45, 2.75) is 56.3 Å². The molecular formula is C27H38N6O5S. The average molecular weight is 559 g/mol. The van der Waals surface area contributed by atoms with E-state index in [0.717, 1.165) is 11.1 Å². The number of hydrogen-bond donors (Lipinski definition) is 8. The lowest BCUT2D eigenvalue weighted by Crippen LogP contribution is -2.58. The summed E-state index contributed by atoms with van der Waals surface area (Å²) in [7, 11) is 0. The summed E-state index contributed by atoms with van der Waals surface area (Å²) in [5.74, 6) is -2.44. The summed E-state index contributed by atoms with van der Waals surface area (Å²) in [4.78, 5) is 50.9. The maximum Gasteiger partial charge on any atom is 0.244 e. The Morgan fingerprint density at radius 2 is 1.33 bits per heavy atom. The summed E-state index contributed by atoms with van der Waals surface area (Å²) < 4.78 is 0. The van der Waals surface area contributed by atoms with Gasteiger partial charge in [-0.1, -0.05) is 42.5 Å². The van der Waals surface area contributed by atoms with Gasteiger partial charge in [0, 0.05) is 12.2 Å². The fourth-order valence-corrected chi connectivity index (χ4v) is 4.09. The highest BCUT2D eigenvalue weighted by Gasteiger charge is 2.29. The van der Waals surface area contributed by atoms with Crippen molar-refractivity contribution < 1.29 is 24.3 Å². The van der Waals surface area contributed by atoms with Gasteiger partial charge in [-0.25, -0.2) is 0 Å². The van der Waals surface area contributed by atoms with E-state index in [1.807, 2.05) is 18.2 Å². The molecule has 0 fully saturated rings. The van der Waals surface area contributed by atoms with Crippen molar-refractivity contribution in [3.8, 4) is 5.75 Å². The molecule has 0 aromatic heterocycles. The van der Waals surface area contributed by atoms with Gasteiger partial charge in [-0.15, -0.1) is 0 Å². The van der Waals surface area contributed by atoms with E-state index in [0.29, 0.717) is 19.4 Å². The summed E-state index contributed by atoms with van der Waals surface area (Å²) in [6.45, 7) is 0.417. The molecule has 0 saturated heterocycles. The first-order valence-corrected chi connectivity index (χ1v) is 13.4. The van der Waals surface area contributed by atoms with Gasteiger partial charge in [0.25, 0.3) is 0 Å². The van der Waals surface area contributed by atoms with Gasteiger partial charge < -0.3 is 38.3 Å². The maximum absolute atomic E-state index is 13.1. The lowest BCUT2D eigenvalue weighted by molar-refractivity contribution is -0.133. The standard InChI is InChI=1S/C27H38N6O5S/c28-13-5-4-8-21(31-25(36)20(29)14-18-9-11-19(34)12-10-18)26(37)33-23(16-39)27(38)32-22(24(30)35)15-17-6-2-1-3-7-17/h1-3,6-7,9-12,20-23,34,39H,4-5,8,13-16,28-29H2,(H2,30,35)(H,31,36)(H,32,38)(H,33,37)/t20-,21+,22-,23-/m0/s1. The van der Waals surface area contributed by atoms with Crippen molar-refractivity contribution in [2.75, 3.05) is 12.3 Å². The summed E-state index contributed by atoms with van der Waals surface area (Å²) in [6, 6.07) is 11.4. The lowest BCUT2D eigenvalue weighted by atomic mass is 10.0. The highest BCUT2D eigenvalue weighted by atomic mass is 32.1. The van der Waals surface area contributed by atoms with Gasteiger partial charge in [-0.2, -0.15) is 12.6 Å². The number of thiol groups is 1. The smallest absolute Gasteiger partial charge is 0.244 e. The van der Waals surface area contributed by atoms with E-state index in [1.54, 1.807) is 24.3 Å². The van der Waals surface area contributed by atoms with Gasteiger partial charge in [0.1, 0.15) is 23.9 Å².